The molecule has 0 atom stereocenters. The van der Waals surface area contributed by atoms with Crippen molar-refractivity contribution in [2.75, 3.05) is 0 Å². The normalized spacial score (nSPS) is 14.1. The number of benzene rings is 3. The van der Waals surface area contributed by atoms with E-state index < -0.39 is 11.6 Å². The zero-order valence-electron chi connectivity index (χ0n) is 15.3. The third kappa shape index (κ3) is 3.80. The molecule has 0 fully saturated rings. The van der Waals surface area contributed by atoms with Gasteiger partial charge in [-0.05, 0) is 55.0 Å². The third-order valence-corrected chi connectivity index (χ3v) is 5.11. The molecule has 0 N–H and O–H groups in total. The third-order valence-electron chi connectivity index (χ3n) is 4.62. The molecule has 3 aromatic rings. The van der Waals surface area contributed by atoms with Crippen molar-refractivity contribution in [3.05, 3.63) is 98.7 Å². The second-order valence-electron chi connectivity index (χ2n) is 6.55. The average Bonchev–Trinajstić information content (AvgIpc) is 2.99. The van der Waals surface area contributed by atoms with Crippen LogP contribution in [0.25, 0.3) is 6.08 Å². The van der Waals surface area contributed by atoms with Crippen LogP contribution in [-0.2, 0) is 6.61 Å². The Labute approximate surface area is 174 Å². The lowest BCUT2D eigenvalue weighted by atomic mass is 10.1. The molecular formula is C23H15BrF2O3. The van der Waals surface area contributed by atoms with Crippen molar-refractivity contribution in [1.29, 1.82) is 0 Å². The molecule has 6 heteroatoms. The minimum Gasteiger partial charge on any atom is -0.488 e. The summed E-state index contributed by atoms with van der Waals surface area (Å²) in [4.78, 5) is 12.7. The van der Waals surface area contributed by atoms with Crippen LogP contribution in [0.4, 0.5) is 8.78 Å². The van der Waals surface area contributed by atoms with Crippen molar-refractivity contribution in [3.63, 3.8) is 0 Å². The van der Waals surface area contributed by atoms with Crippen LogP contribution in [-0.4, -0.2) is 5.78 Å². The van der Waals surface area contributed by atoms with Gasteiger partial charge in [-0.15, -0.1) is 0 Å². The molecule has 0 aromatic heterocycles. The predicted octanol–water partition coefficient (Wildman–Crippen LogP) is 6.23. The van der Waals surface area contributed by atoms with E-state index >= 15 is 0 Å². The van der Waals surface area contributed by atoms with E-state index in [9.17, 15) is 13.6 Å². The van der Waals surface area contributed by atoms with E-state index in [1.165, 1.54) is 18.2 Å². The van der Waals surface area contributed by atoms with Crippen LogP contribution >= 0.6 is 15.9 Å². The van der Waals surface area contributed by atoms with Gasteiger partial charge >= 0.3 is 0 Å². The topological polar surface area (TPSA) is 35.5 Å². The number of Topliss-reactive ketones (excluding diaryl/α,β-unsaturated/α-hetero) is 1. The fourth-order valence-corrected chi connectivity index (χ4v) is 3.51. The minimum atomic E-state index is -0.672. The number of hydrogen-bond donors (Lipinski definition) is 0. The van der Waals surface area contributed by atoms with Gasteiger partial charge in [-0.3, -0.25) is 4.79 Å². The molecule has 0 unspecified atom stereocenters. The molecule has 0 radical (unpaired) electrons. The van der Waals surface area contributed by atoms with Gasteiger partial charge < -0.3 is 9.47 Å². The summed E-state index contributed by atoms with van der Waals surface area (Å²) in [6.45, 7) is 1.47. The van der Waals surface area contributed by atoms with Crippen molar-refractivity contribution in [2.45, 2.75) is 13.5 Å². The summed E-state index contributed by atoms with van der Waals surface area (Å²) in [5.41, 5.74) is 1.68. The maximum Gasteiger partial charge on any atom is 0.231 e. The number of allylic oxidation sites excluding steroid dienone is 1. The van der Waals surface area contributed by atoms with Crippen molar-refractivity contribution in [2.24, 2.45) is 0 Å². The fraction of sp³-hybridized carbons (Fsp3) is 0.0870. The maximum atomic E-state index is 13.8. The van der Waals surface area contributed by atoms with Gasteiger partial charge in [0, 0.05) is 10.0 Å². The molecular weight excluding hydrogens is 442 g/mol. The van der Waals surface area contributed by atoms with Crippen LogP contribution in [0.1, 0.15) is 27.0 Å². The van der Waals surface area contributed by atoms with Crippen molar-refractivity contribution in [1.82, 2.24) is 0 Å². The van der Waals surface area contributed by atoms with E-state index in [0.717, 1.165) is 10.0 Å². The molecule has 0 spiro atoms. The first kappa shape index (κ1) is 19.3. The quantitative estimate of drug-likeness (QED) is 0.436. The molecule has 0 amide bonds. The first-order valence-corrected chi connectivity index (χ1v) is 9.62. The number of carbonyl (C=O) groups excluding carboxylic acids is 1. The maximum absolute atomic E-state index is 13.8. The van der Waals surface area contributed by atoms with Gasteiger partial charge in [0.2, 0.25) is 5.78 Å². The molecule has 3 aromatic carbocycles. The van der Waals surface area contributed by atoms with Crippen LogP contribution in [0.5, 0.6) is 11.5 Å². The Hall–Kier alpha value is -2.99. The zero-order chi connectivity index (χ0) is 20.5. The van der Waals surface area contributed by atoms with E-state index in [2.05, 4.69) is 15.9 Å². The Balaban J connectivity index is 1.60. The molecule has 4 rings (SSSR count). The number of ketones is 1. The van der Waals surface area contributed by atoms with Gasteiger partial charge in [0.05, 0.1) is 11.1 Å². The smallest absolute Gasteiger partial charge is 0.231 e. The lowest BCUT2D eigenvalue weighted by Crippen LogP contribution is -2.03. The Morgan fingerprint density at radius 1 is 1.07 bits per heavy atom. The van der Waals surface area contributed by atoms with E-state index in [1.54, 1.807) is 25.1 Å². The molecule has 1 aliphatic rings. The van der Waals surface area contributed by atoms with Crippen molar-refractivity contribution in [3.8, 4) is 11.5 Å². The lowest BCUT2D eigenvalue weighted by molar-refractivity contribution is 0.101. The molecule has 0 saturated carbocycles. The Kier molecular flexibility index (Phi) is 5.20. The van der Waals surface area contributed by atoms with E-state index in [0.29, 0.717) is 22.6 Å². The van der Waals surface area contributed by atoms with Crippen LogP contribution < -0.4 is 9.47 Å². The largest absolute Gasteiger partial charge is 0.488 e. The summed E-state index contributed by atoms with van der Waals surface area (Å²) in [6, 6.07) is 14.3. The minimum absolute atomic E-state index is 0.153. The number of carbonyl (C=O) groups is 1. The van der Waals surface area contributed by atoms with Gasteiger partial charge in [0.15, 0.2) is 5.76 Å². The van der Waals surface area contributed by atoms with Crippen LogP contribution in [0.3, 0.4) is 0 Å². The Morgan fingerprint density at radius 3 is 2.52 bits per heavy atom. The summed E-state index contributed by atoms with van der Waals surface area (Å²) in [5.74, 6) is -0.581. The molecule has 146 valence electrons. The standard InChI is InChI=1S/C23H15BrF2O3/c1-13-20(28-12-17-18(25)6-3-7-19(17)26)9-8-16-22(27)21(29-23(13)16)11-14-4-2-5-15(24)10-14/h2-11H,12H2,1H3/b21-11-. The zero-order valence-corrected chi connectivity index (χ0v) is 16.9. The Bertz CT molecular complexity index is 1130. The number of hydrogen-bond acceptors (Lipinski definition) is 3. The molecule has 0 bridgehead atoms. The molecule has 29 heavy (non-hydrogen) atoms. The molecule has 0 saturated heterocycles. The van der Waals surface area contributed by atoms with Gasteiger partial charge in [0.1, 0.15) is 29.7 Å². The van der Waals surface area contributed by atoms with E-state index in [-0.39, 0.29) is 23.7 Å². The number of ether oxygens (including phenoxy) is 2. The number of halogens is 3. The fourth-order valence-electron chi connectivity index (χ4n) is 3.09. The number of fused-ring (bicyclic) bond motifs is 1. The average molecular weight is 457 g/mol. The highest BCUT2D eigenvalue weighted by atomic mass is 79.9. The first-order valence-electron chi connectivity index (χ1n) is 8.83. The van der Waals surface area contributed by atoms with E-state index in [1.807, 2.05) is 24.3 Å². The summed E-state index contributed by atoms with van der Waals surface area (Å²) < 4.78 is 39.9. The van der Waals surface area contributed by atoms with Gasteiger partial charge in [-0.2, -0.15) is 0 Å². The SMILES string of the molecule is Cc1c(OCc2c(F)cccc2F)ccc2c1O/C(=C\c1cccc(Br)c1)C2=O. The summed E-state index contributed by atoms with van der Waals surface area (Å²) in [7, 11) is 0. The Morgan fingerprint density at radius 2 is 1.79 bits per heavy atom. The highest BCUT2D eigenvalue weighted by Gasteiger charge is 2.30. The highest BCUT2D eigenvalue weighted by Crippen LogP contribution is 2.39. The second kappa shape index (κ2) is 7.79. The summed E-state index contributed by atoms with van der Waals surface area (Å²) in [5, 5.41) is 0. The molecule has 0 aliphatic carbocycles. The highest BCUT2D eigenvalue weighted by molar-refractivity contribution is 9.10. The predicted molar refractivity (Wildman–Crippen MR) is 109 cm³/mol. The van der Waals surface area contributed by atoms with Crippen molar-refractivity contribution < 1.29 is 23.0 Å². The molecule has 1 heterocycles. The second-order valence-corrected chi connectivity index (χ2v) is 7.46. The molecule has 3 nitrogen and oxygen atoms in total. The number of rotatable bonds is 4. The lowest BCUT2D eigenvalue weighted by Gasteiger charge is -2.12. The summed E-state index contributed by atoms with van der Waals surface area (Å²) in [6.07, 6.45) is 1.67. The van der Waals surface area contributed by atoms with Gasteiger partial charge in [0.25, 0.3) is 0 Å². The summed E-state index contributed by atoms with van der Waals surface area (Å²) >= 11 is 3.40. The van der Waals surface area contributed by atoms with Crippen LogP contribution in [0, 0.1) is 18.6 Å². The first-order chi connectivity index (χ1) is 13.9. The monoisotopic (exact) mass is 456 g/mol. The van der Waals surface area contributed by atoms with Gasteiger partial charge in [-0.1, -0.05) is 34.1 Å². The van der Waals surface area contributed by atoms with Crippen molar-refractivity contribution >= 4 is 27.8 Å². The van der Waals surface area contributed by atoms with Gasteiger partial charge in [-0.25, -0.2) is 8.78 Å². The molecule has 1 aliphatic heterocycles. The van der Waals surface area contributed by atoms with Crippen LogP contribution in [0.2, 0.25) is 0 Å². The van der Waals surface area contributed by atoms with Crippen LogP contribution in [0.15, 0.2) is 64.8 Å². The van der Waals surface area contributed by atoms with E-state index in [4.69, 9.17) is 9.47 Å².